The molecule has 2 N–H and O–H groups in total. The van der Waals surface area contributed by atoms with E-state index < -0.39 is 14.3 Å². The maximum absolute atomic E-state index is 14.1. The minimum atomic E-state index is -2.63. The van der Waals surface area contributed by atoms with Gasteiger partial charge in [0.1, 0.15) is 31.4 Å². The lowest BCUT2D eigenvalue weighted by molar-refractivity contribution is 0.569. The summed E-state index contributed by atoms with van der Waals surface area (Å²) in [6.45, 7) is 11.9. The number of hydrogen-bond acceptors (Lipinski definition) is 8. The fraction of sp³-hybridized carbons (Fsp3) is 0.318. The highest BCUT2D eigenvalue weighted by Crippen LogP contribution is 2.54. The molecule has 8 rings (SSSR count). The summed E-state index contributed by atoms with van der Waals surface area (Å²) < 4.78 is 30.2. The summed E-state index contributed by atoms with van der Waals surface area (Å²) >= 11 is 0. The van der Waals surface area contributed by atoms with Gasteiger partial charge in [0.2, 0.25) is 0 Å². The summed E-state index contributed by atoms with van der Waals surface area (Å²) in [5.41, 5.74) is 6.59. The second-order valence-corrected chi connectivity index (χ2v) is 23.1. The van der Waals surface area contributed by atoms with Gasteiger partial charge in [0.15, 0.2) is 5.82 Å². The maximum atomic E-state index is 14.1. The molecule has 0 saturated heterocycles. The summed E-state index contributed by atoms with van der Waals surface area (Å²) in [6, 6.07) is 28.3. The van der Waals surface area contributed by atoms with E-state index in [1.54, 1.807) is 12.4 Å². The van der Waals surface area contributed by atoms with Crippen LogP contribution < -0.4 is 21.2 Å². The number of fused-ring (bicyclic) bond motifs is 4. The van der Waals surface area contributed by atoms with E-state index in [1.807, 2.05) is 86.1 Å². The number of nitrogens with one attached hydrogen (secondary N) is 2. The van der Waals surface area contributed by atoms with Gasteiger partial charge in [-0.2, -0.15) is 0 Å². The SMILES string of the molecule is CC(C)P(=O)(c1ccc(Nc2nc3ccccc3c3c2nc(C2CCCC2c2cc(Nc4nccc5ncccc45)ccc2P(C)(C)=O)n3C)cc1)C(C)C. The number of anilines is 4. The molecule has 55 heavy (non-hydrogen) atoms. The minimum Gasteiger partial charge on any atom is -0.340 e. The highest BCUT2D eigenvalue weighted by atomic mass is 31.2. The molecule has 0 aliphatic heterocycles. The van der Waals surface area contributed by atoms with Crippen molar-refractivity contribution in [1.82, 2.24) is 24.5 Å². The van der Waals surface area contributed by atoms with Crippen molar-refractivity contribution in [2.75, 3.05) is 24.0 Å². The Bertz CT molecular complexity index is 2650. The number of para-hydroxylation sites is 1. The molecule has 2 unspecified atom stereocenters. The van der Waals surface area contributed by atoms with Gasteiger partial charge in [-0.25, -0.2) is 15.0 Å². The van der Waals surface area contributed by atoms with E-state index in [1.165, 1.54) is 0 Å². The summed E-state index contributed by atoms with van der Waals surface area (Å²) in [7, 11) is -3.08. The zero-order valence-corrected chi connectivity index (χ0v) is 34.4. The Hall–Kier alpha value is -4.84. The van der Waals surface area contributed by atoms with E-state index in [9.17, 15) is 9.13 Å². The van der Waals surface area contributed by atoms with Crippen LogP contribution in [-0.2, 0) is 16.2 Å². The third kappa shape index (κ3) is 6.66. The third-order valence-electron chi connectivity index (χ3n) is 11.5. The van der Waals surface area contributed by atoms with Crippen molar-refractivity contribution in [3.63, 3.8) is 0 Å². The molecule has 4 aromatic heterocycles. The number of pyridine rings is 3. The predicted octanol–water partition coefficient (Wildman–Crippen LogP) is 10.7. The first-order chi connectivity index (χ1) is 26.3. The smallest absolute Gasteiger partial charge is 0.159 e. The van der Waals surface area contributed by atoms with Crippen molar-refractivity contribution >= 4 is 80.7 Å². The lowest BCUT2D eigenvalue weighted by atomic mass is 9.88. The molecule has 0 bridgehead atoms. The average molecular weight is 770 g/mol. The molecule has 0 radical (unpaired) electrons. The first kappa shape index (κ1) is 37.1. The van der Waals surface area contributed by atoms with Gasteiger partial charge < -0.3 is 24.3 Å². The Morgan fingerprint density at radius 1 is 0.709 bits per heavy atom. The van der Waals surface area contributed by atoms with Crippen LogP contribution in [0.3, 0.4) is 0 Å². The molecule has 4 heterocycles. The average Bonchev–Trinajstić information content (AvgIpc) is 3.79. The van der Waals surface area contributed by atoms with E-state index in [4.69, 9.17) is 9.97 Å². The van der Waals surface area contributed by atoms with Gasteiger partial charge in [-0.3, -0.25) is 4.98 Å². The monoisotopic (exact) mass is 769 g/mol. The van der Waals surface area contributed by atoms with Crippen LogP contribution >= 0.6 is 14.3 Å². The number of aromatic nitrogens is 5. The van der Waals surface area contributed by atoms with E-state index in [-0.39, 0.29) is 23.2 Å². The van der Waals surface area contributed by atoms with Gasteiger partial charge in [-0.1, -0.05) is 52.3 Å². The Morgan fingerprint density at radius 2 is 1.40 bits per heavy atom. The number of benzene rings is 3. The lowest BCUT2D eigenvalue weighted by Gasteiger charge is -2.26. The third-order valence-corrected chi connectivity index (χ3v) is 17.2. The highest BCUT2D eigenvalue weighted by molar-refractivity contribution is 7.72. The van der Waals surface area contributed by atoms with Crippen molar-refractivity contribution in [2.24, 2.45) is 7.05 Å². The molecule has 1 aliphatic carbocycles. The van der Waals surface area contributed by atoms with E-state index in [0.29, 0.717) is 5.82 Å². The minimum absolute atomic E-state index is 0.0645. The lowest BCUT2D eigenvalue weighted by Crippen LogP contribution is -2.19. The molecule has 11 heteroatoms. The zero-order valence-electron chi connectivity index (χ0n) is 32.6. The second-order valence-electron chi connectivity index (χ2n) is 15.9. The molecular weight excluding hydrogens is 720 g/mol. The van der Waals surface area contributed by atoms with Crippen LogP contribution in [0, 0.1) is 0 Å². The Labute approximate surface area is 323 Å². The molecule has 2 atom stereocenters. The van der Waals surface area contributed by atoms with Gasteiger partial charge in [0.25, 0.3) is 0 Å². The fourth-order valence-corrected chi connectivity index (χ4v) is 13.0. The van der Waals surface area contributed by atoms with Crippen molar-refractivity contribution in [2.45, 2.75) is 70.1 Å². The van der Waals surface area contributed by atoms with E-state index in [0.717, 1.165) is 91.3 Å². The maximum Gasteiger partial charge on any atom is 0.159 e. The fourth-order valence-electron chi connectivity index (χ4n) is 8.76. The zero-order chi connectivity index (χ0) is 38.6. The number of nitrogens with zero attached hydrogens (tertiary/aromatic N) is 5. The first-order valence-electron chi connectivity index (χ1n) is 19.2. The quantitative estimate of drug-likeness (QED) is 0.132. The van der Waals surface area contributed by atoms with Crippen molar-refractivity contribution in [1.29, 1.82) is 0 Å². The molecule has 1 aliphatic rings. The Morgan fingerprint density at radius 3 is 2.15 bits per heavy atom. The number of imidazole rings is 1. The molecule has 1 fully saturated rings. The van der Waals surface area contributed by atoms with Gasteiger partial charge in [0.05, 0.1) is 16.6 Å². The molecule has 7 aromatic rings. The molecule has 0 spiro atoms. The number of rotatable bonds is 10. The molecule has 1 saturated carbocycles. The summed E-state index contributed by atoms with van der Waals surface area (Å²) in [6.07, 6.45) is 6.53. The van der Waals surface area contributed by atoms with Crippen LogP contribution in [0.25, 0.3) is 32.8 Å². The van der Waals surface area contributed by atoms with Crippen molar-refractivity contribution in [3.8, 4) is 0 Å². The van der Waals surface area contributed by atoms with Gasteiger partial charge in [0, 0.05) is 69.4 Å². The van der Waals surface area contributed by atoms with Crippen LogP contribution in [0.2, 0.25) is 0 Å². The van der Waals surface area contributed by atoms with Crippen LogP contribution in [0.4, 0.5) is 23.0 Å². The van der Waals surface area contributed by atoms with Crippen LogP contribution in [0.15, 0.2) is 97.3 Å². The number of hydrogen-bond donors (Lipinski definition) is 2. The summed E-state index contributed by atoms with van der Waals surface area (Å²) in [4.78, 5) is 19.7. The molecule has 0 amide bonds. The molecule has 282 valence electrons. The Kier molecular flexibility index (Phi) is 9.68. The first-order valence-corrected chi connectivity index (χ1v) is 23.7. The predicted molar refractivity (Wildman–Crippen MR) is 231 cm³/mol. The van der Waals surface area contributed by atoms with Crippen LogP contribution in [0.1, 0.15) is 70.2 Å². The molecule has 3 aromatic carbocycles. The largest absolute Gasteiger partial charge is 0.340 e. The second kappa shape index (κ2) is 14.3. The number of aryl methyl sites for hydroxylation is 1. The highest BCUT2D eigenvalue weighted by Gasteiger charge is 2.37. The Balaban J connectivity index is 1.20. The normalized spacial score (nSPS) is 16.5. The molecular formula is C44H49N7O2P2. The summed E-state index contributed by atoms with van der Waals surface area (Å²) in [5.74, 6) is 2.64. The topological polar surface area (TPSA) is 115 Å². The standard InChI is InChI=1S/C44H49N7O2P2/c1-27(2)55(53,28(3)4)31-20-17-29(18-21-31)47-43-40-41(34-12-8-9-16-38(34)49-43)51(5)44(50-40)33-14-10-13-32(33)36-26-30(19-22-39(36)54(6,7)52)48-42-35-15-11-24-45-37(35)23-25-46-42/h8-9,11-12,15-28,32-33H,10,13-14H2,1-7H3,(H,46,48)(H,47,49). The van der Waals surface area contributed by atoms with Gasteiger partial charge in [-0.15, -0.1) is 0 Å². The van der Waals surface area contributed by atoms with Crippen LogP contribution in [0.5, 0.6) is 0 Å². The van der Waals surface area contributed by atoms with Crippen molar-refractivity contribution < 1.29 is 9.13 Å². The van der Waals surface area contributed by atoms with Crippen LogP contribution in [-0.4, -0.2) is 49.2 Å². The van der Waals surface area contributed by atoms with Crippen molar-refractivity contribution in [3.05, 3.63) is 109 Å². The van der Waals surface area contributed by atoms with Gasteiger partial charge >= 0.3 is 0 Å². The van der Waals surface area contributed by atoms with E-state index in [2.05, 4.69) is 72.0 Å². The summed E-state index contributed by atoms with van der Waals surface area (Å²) in [5, 5.41) is 10.9. The molecule has 9 nitrogen and oxygen atoms in total. The van der Waals surface area contributed by atoms with E-state index >= 15 is 0 Å². The van der Waals surface area contributed by atoms with Gasteiger partial charge in [-0.05, 0) is 104 Å².